The van der Waals surface area contributed by atoms with E-state index in [1.165, 1.54) is 17.9 Å². The van der Waals surface area contributed by atoms with Crippen LogP contribution in [-0.2, 0) is 6.54 Å². The largest absolute Gasteiger partial charge is 0.478 e. The Labute approximate surface area is 108 Å². The maximum absolute atomic E-state index is 10.9. The maximum atomic E-state index is 10.9. The van der Waals surface area contributed by atoms with Crippen molar-refractivity contribution in [1.29, 1.82) is 0 Å². The second-order valence-electron chi connectivity index (χ2n) is 4.51. The molecule has 1 aromatic carbocycles. The second-order valence-corrected chi connectivity index (χ2v) is 5.66. The summed E-state index contributed by atoms with van der Waals surface area (Å²) in [6.07, 6.45) is 1.22. The molecule has 5 nitrogen and oxygen atoms in total. The fourth-order valence-corrected chi connectivity index (χ4v) is 3.48. The van der Waals surface area contributed by atoms with Crippen LogP contribution in [0.25, 0.3) is 11.0 Å². The van der Waals surface area contributed by atoms with Crippen molar-refractivity contribution < 1.29 is 9.90 Å². The molecule has 1 saturated heterocycles. The van der Waals surface area contributed by atoms with Crippen molar-refractivity contribution >= 4 is 28.8 Å². The van der Waals surface area contributed by atoms with Crippen molar-refractivity contribution in [1.82, 2.24) is 15.0 Å². The van der Waals surface area contributed by atoms with Crippen molar-refractivity contribution in [3.05, 3.63) is 23.8 Å². The maximum Gasteiger partial charge on any atom is 0.335 e. The number of hydrogen-bond donors (Lipinski definition) is 1. The molecule has 0 bridgehead atoms. The Morgan fingerprint density at radius 1 is 1.56 bits per heavy atom. The van der Waals surface area contributed by atoms with E-state index in [-0.39, 0.29) is 5.56 Å². The van der Waals surface area contributed by atoms with Gasteiger partial charge in [0.15, 0.2) is 0 Å². The van der Waals surface area contributed by atoms with Gasteiger partial charge in [0, 0.05) is 6.54 Å². The summed E-state index contributed by atoms with van der Waals surface area (Å²) in [7, 11) is 0. The van der Waals surface area contributed by atoms with E-state index in [0.717, 1.165) is 12.1 Å². The zero-order valence-corrected chi connectivity index (χ0v) is 10.6. The van der Waals surface area contributed by atoms with Gasteiger partial charge in [-0.3, -0.25) is 0 Å². The van der Waals surface area contributed by atoms with E-state index in [4.69, 9.17) is 5.11 Å². The lowest BCUT2D eigenvalue weighted by molar-refractivity contribution is 0.0697. The molecule has 1 atom stereocenters. The lowest BCUT2D eigenvalue weighted by Gasteiger charge is -2.08. The van der Waals surface area contributed by atoms with Gasteiger partial charge < -0.3 is 5.11 Å². The van der Waals surface area contributed by atoms with Gasteiger partial charge in [-0.05, 0) is 42.0 Å². The number of aromatic carboxylic acids is 1. The SMILES string of the molecule is O=C(O)c1ccc2c(c1)nnn2CC1CCSC1. The van der Waals surface area contributed by atoms with Gasteiger partial charge in [0.05, 0.1) is 11.1 Å². The van der Waals surface area contributed by atoms with Crippen LogP contribution in [0, 0.1) is 5.92 Å². The molecule has 94 valence electrons. The Balaban J connectivity index is 1.91. The molecule has 2 heterocycles. The summed E-state index contributed by atoms with van der Waals surface area (Å²) in [5.74, 6) is 2.12. The fraction of sp³-hybridized carbons (Fsp3) is 0.417. The van der Waals surface area contributed by atoms with E-state index in [9.17, 15) is 4.79 Å². The van der Waals surface area contributed by atoms with Crippen LogP contribution >= 0.6 is 11.8 Å². The highest BCUT2D eigenvalue weighted by molar-refractivity contribution is 7.99. The smallest absolute Gasteiger partial charge is 0.335 e. The van der Waals surface area contributed by atoms with Gasteiger partial charge >= 0.3 is 5.97 Å². The average molecular weight is 263 g/mol. The molecule has 0 aliphatic carbocycles. The Kier molecular flexibility index (Phi) is 2.95. The first-order valence-corrected chi connectivity index (χ1v) is 7.04. The zero-order valence-electron chi connectivity index (χ0n) is 9.74. The van der Waals surface area contributed by atoms with Crippen LogP contribution in [0.5, 0.6) is 0 Å². The molecule has 0 amide bonds. The van der Waals surface area contributed by atoms with Crippen molar-refractivity contribution in [2.45, 2.75) is 13.0 Å². The van der Waals surface area contributed by atoms with Crippen molar-refractivity contribution in [2.24, 2.45) is 5.92 Å². The number of carbonyl (C=O) groups is 1. The van der Waals surface area contributed by atoms with Gasteiger partial charge in [-0.15, -0.1) is 5.10 Å². The molecule has 6 heteroatoms. The normalized spacial score (nSPS) is 19.4. The molecule has 1 aliphatic rings. The summed E-state index contributed by atoms with van der Waals surface area (Å²) >= 11 is 1.98. The minimum Gasteiger partial charge on any atom is -0.478 e. The first-order valence-electron chi connectivity index (χ1n) is 5.88. The van der Waals surface area contributed by atoms with E-state index in [0.29, 0.717) is 11.4 Å². The number of carboxylic acid groups (broad SMARTS) is 1. The molecule has 1 aromatic heterocycles. The van der Waals surface area contributed by atoms with E-state index >= 15 is 0 Å². The van der Waals surface area contributed by atoms with Crippen LogP contribution in [0.4, 0.5) is 0 Å². The molecule has 18 heavy (non-hydrogen) atoms. The Bertz CT molecular complexity index is 590. The van der Waals surface area contributed by atoms with Crippen molar-refractivity contribution in [3.8, 4) is 0 Å². The van der Waals surface area contributed by atoms with E-state index in [2.05, 4.69) is 10.3 Å². The Hall–Kier alpha value is -1.56. The first-order chi connectivity index (χ1) is 8.74. The van der Waals surface area contributed by atoms with Crippen LogP contribution in [0.3, 0.4) is 0 Å². The minimum atomic E-state index is -0.932. The topological polar surface area (TPSA) is 68.0 Å². The predicted molar refractivity (Wildman–Crippen MR) is 69.9 cm³/mol. The Morgan fingerprint density at radius 2 is 2.44 bits per heavy atom. The molecule has 0 spiro atoms. The highest BCUT2D eigenvalue weighted by Gasteiger charge is 2.18. The standard InChI is InChI=1S/C12H13N3O2S/c16-12(17)9-1-2-11-10(5-9)13-14-15(11)6-8-3-4-18-7-8/h1-2,5,8H,3-4,6-7H2,(H,16,17). The third-order valence-corrected chi connectivity index (χ3v) is 4.45. The van der Waals surface area contributed by atoms with Gasteiger partial charge in [0.2, 0.25) is 0 Å². The number of fused-ring (bicyclic) bond motifs is 1. The quantitative estimate of drug-likeness (QED) is 0.915. The number of rotatable bonds is 3. The second kappa shape index (κ2) is 4.61. The van der Waals surface area contributed by atoms with Crippen molar-refractivity contribution in [3.63, 3.8) is 0 Å². The molecule has 0 radical (unpaired) electrons. The highest BCUT2D eigenvalue weighted by atomic mass is 32.2. The lowest BCUT2D eigenvalue weighted by atomic mass is 10.1. The summed E-state index contributed by atoms with van der Waals surface area (Å²) in [6.45, 7) is 0.871. The third-order valence-electron chi connectivity index (χ3n) is 3.22. The molecule has 3 rings (SSSR count). The third kappa shape index (κ3) is 2.08. The van der Waals surface area contributed by atoms with Gasteiger partial charge in [0.1, 0.15) is 5.52 Å². The number of thioether (sulfide) groups is 1. The van der Waals surface area contributed by atoms with Crippen LogP contribution in [0.15, 0.2) is 18.2 Å². The van der Waals surface area contributed by atoms with E-state index in [1.807, 2.05) is 16.4 Å². The van der Waals surface area contributed by atoms with Gasteiger partial charge in [-0.2, -0.15) is 11.8 Å². The van der Waals surface area contributed by atoms with Gasteiger partial charge in [-0.1, -0.05) is 5.21 Å². The van der Waals surface area contributed by atoms with E-state index in [1.54, 1.807) is 18.2 Å². The van der Waals surface area contributed by atoms with Crippen molar-refractivity contribution in [2.75, 3.05) is 11.5 Å². The van der Waals surface area contributed by atoms with Gasteiger partial charge in [-0.25, -0.2) is 9.48 Å². The average Bonchev–Trinajstić information content (AvgIpc) is 2.99. The molecular formula is C12H13N3O2S. The monoisotopic (exact) mass is 263 g/mol. The first kappa shape index (κ1) is 11.5. The summed E-state index contributed by atoms with van der Waals surface area (Å²) < 4.78 is 1.89. The van der Waals surface area contributed by atoms with Crippen LogP contribution < -0.4 is 0 Å². The number of aromatic nitrogens is 3. The number of carboxylic acids is 1. The molecule has 2 aromatic rings. The van der Waals surface area contributed by atoms with Crippen LogP contribution in [0.1, 0.15) is 16.8 Å². The van der Waals surface area contributed by atoms with E-state index < -0.39 is 5.97 Å². The fourth-order valence-electron chi connectivity index (χ4n) is 2.21. The molecular weight excluding hydrogens is 250 g/mol. The summed E-state index contributed by atoms with van der Waals surface area (Å²) in [4.78, 5) is 10.9. The summed E-state index contributed by atoms with van der Waals surface area (Å²) in [6, 6.07) is 4.97. The number of benzene rings is 1. The lowest BCUT2D eigenvalue weighted by Crippen LogP contribution is -2.11. The number of hydrogen-bond acceptors (Lipinski definition) is 4. The predicted octanol–water partition coefficient (Wildman–Crippen LogP) is 1.88. The molecule has 1 N–H and O–H groups in total. The number of nitrogens with zero attached hydrogens (tertiary/aromatic N) is 3. The molecule has 1 unspecified atom stereocenters. The molecule has 0 saturated carbocycles. The molecule has 1 fully saturated rings. The summed E-state index contributed by atoms with van der Waals surface area (Å²) in [5.41, 5.74) is 1.82. The Morgan fingerprint density at radius 3 is 3.17 bits per heavy atom. The summed E-state index contributed by atoms with van der Waals surface area (Å²) in [5, 5.41) is 17.1. The zero-order chi connectivity index (χ0) is 12.5. The molecule has 1 aliphatic heterocycles. The van der Waals surface area contributed by atoms with Crippen LogP contribution in [0.2, 0.25) is 0 Å². The van der Waals surface area contributed by atoms with Crippen LogP contribution in [-0.4, -0.2) is 37.6 Å². The minimum absolute atomic E-state index is 0.256. The highest BCUT2D eigenvalue weighted by Crippen LogP contribution is 2.25. The van der Waals surface area contributed by atoms with Gasteiger partial charge in [0.25, 0.3) is 0 Å².